The van der Waals surface area contributed by atoms with Crippen LogP contribution in [0.2, 0.25) is 0 Å². The predicted octanol–water partition coefficient (Wildman–Crippen LogP) is 2.60. The van der Waals surface area contributed by atoms with Crippen molar-refractivity contribution in [2.24, 2.45) is 11.7 Å². The van der Waals surface area contributed by atoms with Crippen molar-refractivity contribution < 1.29 is 4.79 Å². The quantitative estimate of drug-likeness (QED) is 0.891. The van der Waals surface area contributed by atoms with E-state index >= 15 is 0 Å². The van der Waals surface area contributed by atoms with Gasteiger partial charge in [0.05, 0.1) is 16.9 Å². The summed E-state index contributed by atoms with van der Waals surface area (Å²) >= 11 is 0. The Balaban J connectivity index is 2.15. The Labute approximate surface area is 121 Å². The van der Waals surface area contributed by atoms with E-state index in [2.05, 4.69) is 12.2 Å². The standard InChI is InChI=1S/C16H25N3O/c1-12-7-6-10-16(17,11-12)15(20)18-13-8-4-5-9-14(13)19(2)3/h4-5,8-9,12H,6-7,10-11,17H2,1-3H3,(H,18,20). The van der Waals surface area contributed by atoms with E-state index in [0.29, 0.717) is 5.92 Å². The molecule has 1 saturated carbocycles. The van der Waals surface area contributed by atoms with Crippen LogP contribution >= 0.6 is 0 Å². The van der Waals surface area contributed by atoms with Crippen LogP contribution in [0.4, 0.5) is 11.4 Å². The average Bonchev–Trinajstić information content (AvgIpc) is 2.38. The second-order valence-corrected chi connectivity index (χ2v) is 6.22. The molecule has 2 rings (SSSR count). The third kappa shape index (κ3) is 3.12. The van der Waals surface area contributed by atoms with Crippen molar-refractivity contribution in [1.82, 2.24) is 0 Å². The van der Waals surface area contributed by atoms with Crippen molar-refractivity contribution in [2.45, 2.75) is 38.1 Å². The molecule has 4 nitrogen and oxygen atoms in total. The molecule has 1 aromatic carbocycles. The molecule has 0 aliphatic heterocycles. The van der Waals surface area contributed by atoms with E-state index in [4.69, 9.17) is 5.73 Å². The van der Waals surface area contributed by atoms with E-state index in [0.717, 1.165) is 30.6 Å². The number of amides is 1. The van der Waals surface area contributed by atoms with E-state index in [1.165, 1.54) is 6.42 Å². The molecule has 0 radical (unpaired) electrons. The van der Waals surface area contributed by atoms with Crippen molar-refractivity contribution in [3.8, 4) is 0 Å². The fourth-order valence-electron chi connectivity index (χ4n) is 3.01. The average molecular weight is 275 g/mol. The zero-order valence-electron chi connectivity index (χ0n) is 12.6. The van der Waals surface area contributed by atoms with Crippen LogP contribution in [0.1, 0.15) is 32.6 Å². The second kappa shape index (κ2) is 5.83. The maximum atomic E-state index is 12.6. The van der Waals surface area contributed by atoms with Gasteiger partial charge in [0.25, 0.3) is 0 Å². The zero-order chi connectivity index (χ0) is 14.8. The van der Waals surface area contributed by atoms with E-state index in [-0.39, 0.29) is 5.91 Å². The number of anilines is 2. The molecule has 2 atom stereocenters. The highest BCUT2D eigenvalue weighted by Gasteiger charge is 2.38. The van der Waals surface area contributed by atoms with Crippen molar-refractivity contribution in [1.29, 1.82) is 0 Å². The van der Waals surface area contributed by atoms with E-state index in [1.807, 2.05) is 43.3 Å². The Bertz CT molecular complexity index is 486. The topological polar surface area (TPSA) is 58.4 Å². The molecule has 3 N–H and O–H groups in total. The van der Waals surface area contributed by atoms with Crippen molar-refractivity contribution in [2.75, 3.05) is 24.3 Å². The molecular formula is C16H25N3O. The zero-order valence-corrected chi connectivity index (χ0v) is 12.6. The summed E-state index contributed by atoms with van der Waals surface area (Å²) in [5.74, 6) is 0.460. The Morgan fingerprint density at radius 2 is 2.10 bits per heavy atom. The van der Waals surface area contributed by atoms with Crippen molar-refractivity contribution >= 4 is 17.3 Å². The Morgan fingerprint density at radius 3 is 2.75 bits per heavy atom. The molecule has 4 heteroatoms. The number of benzene rings is 1. The van der Waals surface area contributed by atoms with Crippen molar-refractivity contribution in [3.63, 3.8) is 0 Å². The predicted molar refractivity (Wildman–Crippen MR) is 83.9 cm³/mol. The number of nitrogens with one attached hydrogen (secondary N) is 1. The lowest BCUT2D eigenvalue weighted by molar-refractivity contribution is -0.122. The van der Waals surface area contributed by atoms with Gasteiger partial charge in [-0.15, -0.1) is 0 Å². The first-order chi connectivity index (χ1) is 9.42. The van der Waals surface area contributed by atoms with Crippen LogP contribution in [-0.4, -0.2) is 25.5 Å². The summed E-state index contributed by atoms with van der Waals surface area (Å²) in [6.45, 7) is 2.17. The van der Waals surface area contributed by atoms with Gasteiger partial charge in [0.15, 0.2) is 0 Å². The minimum atomic E-state index is -0.725. The van der Waals surface area contributed by atoms with Gasteiger partial charge in [-0.25, -0.2) is 0 Å². The van der Waals surface area contributed by atoms with Gasteiger partial charge in [0.2, 0.25) is 5.91 Å². The SMILES string of the molecule is CC1CCCC(N)(C(=O)Nc2ccccc2N(C)C)C1. The normalized spacial score (nSPS) is 26.1. The molecule has 110 valence electrons. The fraction of sp³-hybridized carbons (Fsp3) is 0.562. The van der Waals surface area contributed by atoms with E-state index in [9.17, 15) is 4.79 Å². The molecule has 0 heterocycles. The number of para-hydroxylation sites is 2. The molecule has 0 aromatic heterocycles. The van der Waals surface area contributed by atoms with E-state index in [1.54, 1.807) is 0 Å². The number of rotatable bonds is 3. The molecule has 0 saturated heterocycles. The number of nitrogens with two attached hydrogens (primary N) is 1. The lowest BCUT2D eigenvalue weighted by Crippen LogP contribution is -2.53. The first-order valence-corrected chi connectivity index (χ1v) is 7.29. The van der Waals surface area contributed by atoms with Gasteiger partial charge < -0.3 is 16.0 Å². The molecular weight excluding hydrogens is 250 g/mol. The summed E-state index contributed by atoms with van der Waals surface area (Å²) in [6, 6.07) is 7.80. The second-order valence-electron chi connectivity index (χ2n) is 6.22. The van der Waals surface area contributed by atoms with Gasteiger partial charge in [-0.2, -0.15) is 0 Å². The Kier molecular flexibility index (Phi) is 4.33. The van der Waals surface area contributed by atoms with Crippen LogP contribution < -0.4 is 16.0 Å². The van der Waals surface area contributed by atoms with Gasteiger partial charge >= 0.3 is 0 Å². The lowest BCUT2D eigenvalue weighted by atomic mass is 9.76. The van der Waals surface area contributed by atoms with Crippen LogP contribution in [-0.2, 0) is 4.79 Å². The first-order valence-electron chi connectivity index (χ1n) is 7.29. The molecule has 1 aromatic rings. The molecule has 1 aliphatic carbocycles. The monoisotopic (exact) mass is 275 g/mol. The molecule has 0 spiro atoms. The van der Waals surface area contributed by atoms with Crippen LogP contribution in [0.5, 0.6) is 0 Å². The molecule has 1 amide bonds. The summed E-state index contributed by atoms with van der Waals surface area (Å²) in [5, 5.41) is 3.02. The number of carbonyl (C=O) groups is 1. The fourth-order valence-corrected chi connectivity index (χ4v) is 3.01. The van der Waals surface area contributed by atoms with Crippen molar-refractivity contribution in [3.05, 3.63) is 24.3 Å². The van der Waals surface area contributed by atoms with Gasteiger partial charge in [-0.1, -0.05) is 31.9 Å². The van der Waals surface area contributed by atoms with Gasteiger partial charge in [0, 0.05) is 14.1 Å². The number of nitrogens with zero attached hydrogens (tertiary/aromatic N) is 1. The highest BCUT2D eigenvalue weighted by atomic mass is 16.2. The molecule has 1 aliphatic rings. The maximum absolute atomic E-state index is 12.6. The van der Waals surface area contributed by atoms with E-state index < -0.39 is 5.54 Å². The first kappa shape index (κ1) is 14.9. The minimum Gasteiger partial charge on any atom is -0.376 e. The third-order valence-electron chi connectivity index (χ3n) is 4.12. The maximum Gasteiger partial charge on any atom is 0.244 e. The van der Waals surface area contributed by atoms with Gasteiger partial charge in [-0.3, -0.25) is 4.79 Å². The highest BCUT2D eigenvalue weighted by Crippen LogP contribution is 2.32. The summed E-state index contributed by atoms with van der Waals surface area (Å²) < 4.78 is 0. The molecule has 0 bridgehead atoms. The Morgan fingerprint density at radius 1 is 1.40 bits per heavy atom. The summed E-state index contributed by atoms with van der Waals surface area (Å²) in [6.07, 6.45) is 3.73. The lowest BCUT2D eigenvalue weighted by Gasteiger charge is -2.35. The number of hydrogen-bond acceptors (Lipinski definition) is 3. The smallest absolute Gasteiger partial charge is 0.244 e. The minimum absolute atomic E-state index is 0.0571. The summed E-state index contributed by atoms with van der Waals surface area (Å²) in [7, 11) is 3.93. The van der Waals surface area contributed by atoms with Crippen LogP contribution in [0.3, 0.4) is 0 Å². The largest absolute Gasteiger partial charge is 0.376 e. The van der Waals surface area contributed by atoms with Gasteiger partial charge in [0.1, 0.15) is 0 Å². The Hall–Kier alpha value is -1.55. The molecule has 2 unspecified atom stereocenters. The molecule has 20 heavy (non-hydrogen) atoms. The number of carbonyl (C=O) groups excluding carboxylic acids is 1. The molecule has 1 fully saturated rings. The summed E-state index contributed by atoms with van der Waals surface area (Å²) in [5.41, 5.74) is 7.43. The van der Waals surface area contributed by atoms with Crippen LogP contribution in [0.15, 0.2) is 24.3 Å². The third-order valence-corrected chi connectivity index (χ3v) is 4.12. The van der Waals surface area contributed by atoms with Crippen LogP contribution in [0, 0.1) is 5.92 Å². The van der Waals surface area contributed by atoms with Crippen LogP contribution in [0.25, 0.3) is 0 Å². The summed E-state index contributed by atoms with van der Waals surface area (Å²) in [4.78, 5) is 14.5. The van der Waals surface area contributed by atoms with Gasteiger partial charge in [-0.05, 0) is 30.9 Å². The highest BCUT2D eigenvalue weighted by molar-refractivity contribution is 6.00. The number of hydrogen-bond donors (Lipinski definition) is 2.